The van der Waals surface area contributed by atoms with Crippen molar-refractivity contribution >= 4 is 28.0 Å². The zero-order valence-electron chi connectivity index (χ0n) is 11.7. The molecule has 0 spiro atoms. The number of hydrogen-bond acceptors (Lipinski definition) is 4. The average molecular weight is 368 g/mol. The van der Waals surface area contributed by atoms with E-state index in [1.165, 1.54) is 11.7 Å². The summed E-state index contributed by atoms with van der Waals surface area (Å²) in [5.74, 6) is -1.10. The lowest BCUT2D eigenvalue weighted by atomic mass is 10.2. The summed E-state index contributed by atoms with van der Waals surface area (Å²) < 4.78 is 6.63. The number of aryl methyl sites for hydroxylation is 1. The fourth-order valence-corrected chi connectivity index (χ4v) is 2.47. The van der Waals surface area contributed by atoms with Crippen molar-refractivity contribution < 1.29 is 19.4 Å². The number of aromatic nitrogens is 2. The Morgan fingerprint density at radius 2 is 2.05 bits per heavy atom. The molecule has 1 aromatic heterocycles. The van der Waals surface area contributed by atoms with E-state index in [1.807, 2.05) is 30.3 Å². The van der Waals surface area contributed by atoms with E-state index in [0.717, 1.165) is 5.56 Å². The molecule has 1 heterocycles. The SMILES string of the molecule is Cn1nc(CNC(=O)OCc2ccccc2)c(Br)c1C(=O)O. The molecule has 0 saturated carbocycles. The number of carboxylic acids is 1. The minimum atomic E-state index is -1.10. The maximum atomic E-state index is 11.6. The Morgan fingerprint density at radius 1 is 1.36 bits per heavy atom. The Balaban J connectivity index is 1.89. The molecule has 2 N–H and O–H groups in total. The van der Waals surface area contributed by atoms with Gasteiger partial charge in [-0.3, -0.25) is 4.68 Å². The van der Waals surface area contributed by atoms with Gasteiger partial charge in [-0.15, -0.1) is 0 Å². The van der Waals surface area contributed by atoms with Crippen LogP contribution in [0.2, 0.25) is 0 Å². The molecule has 1 amide bonds. The summed E-state index contributed by atoms with van der Waals surface area (Å²) >= 11 is 3.17. The summed E-state index contributed by atoms with van der Waals surface area (Å²) in [5.41, 5.74) is 1.32. The van der Waals surface area contributed by atoms with Crippen LogP contribution in [0, 0.1) is 0 Å². The number of carboxylic acid groups (broad SMARTS) is 1. The van der Waals surface area contributed by atoms with Gasteiger partial charge in [-0.05, 0) is 21.5 Å². The van der Waals surface area contributed by atoms with Crippen LogP contribution in [0.4, 0.5) is 4.79 Å². The van der Waals surface area contributed by atoms with Crippen molar-refractivity contribution in [2.24, 2.45) is 7.05 Å². The predicted molar refractivity (Wildman–Crippen MR) is 81.3 cm³/mol. The molecule has 2 aromatic rings. The summed E-state index contributed by atoms with van der Waals surface area (Å²) in [6.07, 6.45) is -0.599. The van der Waals surface area contributed by atoms with Crippen molar-refractivity contribution in [3.05, 3.63) is 51.8 Å². The number of hydrogen-bond donors (Lipinski definition) is 2. The maximum Gasteiger partial charge on any atom is 0.407 e. The van der Waals surface area contributed by atoms with Crippen molar-refractivity contribution in [3.8, 4) is 0 Å². The normalized spacial score (nSPS) is 10.3. The van der Waals surface area contributed by atoms with Crippen LogP contribution < -0.4 is 5.32 Å². The molecule has 0 saturated heterocycles. The Kier molecular flexibility index (Phi) is 5.16. The van der Waals surface area contributed by atoms with Crippen molar-refractivity contribution in [1.82, 2.24) is 15.1 Å². The molecule has 116 valence electrons. The fourth-order valence-electron chi connectivity index (χ4n) is 1.83. The van der Waals surface area contributed by atoms with Gasteiger partial charge >= 0.3 is 12.1 Å². The molecule has 0 fully saturated rings. The molecular weight excluding hydrogens is 354 g/mol. The zero-order chi connectivity index (χ0) is 16.1. The first-order valence-corrected chi connectivity index (χ1v) is 7.17. The molecule has 0 bridgehead atoms. The number of amides is 1. The number of nitrogens with zero attached hydrogens (tertiary/aromatic N) is 2. The highest BCUT2D eigenvalue weighted by molar-refractivity contribution is 9.10. The lowest BCUT2D eigenvalue weighted by Crippen LogP contribution is -2.24. The summed E-state index contributed by atoms with van der Waals surface area (Å²) in [6, 6.07) is 9.29. The highest BCUT2D eigenvalue weighted by atomic mass is 79.9. The second-order valence-electron chi connectivity index (χ2n) is 4.45. The van der Waals surface area contributed by atoms with Gasteiger partial charge < -0.3 is 15.2 Å². The van der Waals surface area contributed by atoms with E-state index >= 15 is 0 Å². The fraction of sp³-hybridized carbons (Fsp3) is 0.214. The van der Waals surface area contributed by atoms with Crippen molar-refractivity contribution in [2.45, 2.75) is 13.2 Å². The minimum Gasteiger partial charge on any atom is -0.476 e. The third kappa shape index (κ3) is 3.85. The molecule has 7 nitrogen and oxygen atoms in total. The largest absolute Gasteiger partial charge is 0.476 e. The van der Waals surface area contributed by atoms with Crippen LogP contribution in [-0.2, 0) is 24.9 Å². The number of halogens is 1. The molecule has 0 aliphatic carbocycles. The Morgan fingerprint density at radius 3 is 2.64 bits per heavy atom. The summed E-state index contributed by atoms with van der Waals surface area (Å²) in [4.78, 5) is 22.7. The lowest BCUT2D eigenvalue weighted by molar-refractivity contribution is 0.0684. The number of carbonyl (C=O) groups is 2. The number of ether oxygens (including phenoxy) is 1. The first-order valence-electron chi connectivity index (χ1n) is 6.38. The minimum absolute atomic E-state index is 0.0226. The first-order chi connectivity index (χ1) is 10.5. The van der Waals surface area contributed by atoms with Crippen molar-refractivity contribution in [2.75, 3.05) is 0 Å². The second kappa shape index (κ2) is 7.08. The first kappa shape index (κ1) is 16.0. The van der Waals surface area contributed by atoms with Crippen LogP contribution >= 0.6 is 15.9 Å². The van der Waals surface area contributed by atoms with Gasteiger partial charge in [-0.25, -0.2) is 9.59 Å². The molecule has 2 rings (SSSR count). The van der Waals surface area contributed by atoms with Crippen LogP contribution in [0.15, 0.2) is 34.8 Å². The molecule has 8 heteroatoms. The lowest BCUT2D eigenvalue weighted by Gasteiger charge is -2.06. The molecule has 0 aliphatic heterocycles. The topological polar surface area (TPSA) is 93.5 Å². The molecule has 0 radical (unpaired) electrons. The van der Waals surface area contributed by atoms with E-state index in [9.17, 15) is 9.59 Å². The zero-order valence-corrected chi connectivity index (χ0v) is 13.3. The number of rotatable bonds is 5. The molecule has 0 unspecified atom stereocenters. The number of benzene rings is 1. The number of carbonyl (C=O) groups excluding carboxylic acids is 1. The quantitative estimate of drug-likeness (QED) is 0.845. The molecule has 0 atom stereocenters. The number of alkyl carbamates (subject to hydrolysis) is 1. The Hall–Kier alpha value is -2.35. The molecular formula is C14H14BrN3O4. The highest BCUT2D eigenvalue weighted by Crippen LogP contribution is 2.20. The monoisotopic (exact) mass is 367 g/mol. The van der Waals surface area contributed by atoms with Gasteiger partial charge in [0.1, 0.15) is 6.61 Å². The molecule has 22 heavy (non-hydrogen) atoms. The average Bonchev–Trinajstić information content (AvgIpc) is 2.78. The predicted octanol–water partition coefficient (Wildman–Crippen LogP) is 2.31. The van der Waals surface area contributed by atoms with Gasteiger partial charge in [0, 0.05) is 7.05 Å². The van der Waals surface area contributed by atoms with Gasteiger partial charge in [0.15, 0.2) is 5.69 Å². The van der Waals surface area contributed by atoms with E-state index in [2.05, 4.69) is 26.3 Å². The third-order valence-corrected chi connectivity index (χ3v) is 3.70. The van der Waals surface area contributed by atoms with Crippen LogP contribution in [0.3, 0.4) is 0 Å². The van der Waals surface area contributed by atoms with Crippen LogP contribution in [0.5, 0.6) is 0 Å². The Labute approximate surface area is 135 Å². The van der Waals surface area contributed by atoms with E-state index in [4.69, 9.17) is 9.84 Å². The van der Waals surface area contributed by atoms with Crippen LogP contribution in [0.25, 0.3) is 0 Å². The third-order valence-electron chi connectivity index (χ3n) is 2.87. The van der Waals surface area contributed by atoms with Gasteiger partial charge in [-0.1, -0.05) is 30.3 Å². The van der Waals surface area contributed by atoms with E-state index in [-0.39, 0.29) is 18.8 Å². The summed E-state index contributed by atoms with van der Waals surface area (Å²) in [6.45, 7) is 0.228. The van der Waals surface area contributed by atoms with Crippen LogP contribution in [-0.4, -0.2) is 26.9 Å². The smallest absolute Gasteiger partial charge is 0.407 e. The number of aromatic carboxylic acids is 1. The van der Waals surface area contributed by atoms with Gasteiger partial charge in [0.25, 0.3) is 0 Å². The Bertz CT molecular complexity index is 685. The van der Waals surface area contributed by atoms with Gasteiger partial charge in [0.05, 0.1) is 16.7 Å². The van der Waals surface area contributed by atoms with E-state index in [0.29, 0.717) is 10.2 Å². The summed E-state index contributed by atoms with van der Waals surface area (Å²) in [7, 11) is 1.52. The molecule has 1 aromatic carbocycles. The number of nitrogens with one attached hydrogen (secondary N) is 1. The van der Waals surface area contributed by atoms with Crippen LogP contribution in [0.1, 0.15) is 21.7 Å². The van der Waals surface area contributed by atoms with Crippen molar-refractivity contribution in [3.63, 3.8) is 0 Å². The maximum absolute atomic E-state index is 11.6. The summed E-state index contributed by atoms with van der Waals surface area (Å²) in [5, 5.41) is 15.6. The second-order valence-corrected chi connectivity index (χ2v) is 5.25. The van der Waals surface area contributed by atoms with Crippen molar-refractivity contribution in [1.29, 1.82) is 0 Å². The van der Waals surface area contributed by atoms with Gasteiger partial charge in [-0.2, -0.15) is 5.10 Å². The standard InChI is InChI=1S/C14H14BrN3O4/c1-18-12(13(19)20)11(15)10(17-18)7-16-14(21)22-8-9-5-3-2-4-6-9/h2-6H,7-8H2,1H3,(H,16,21)(H,19,20). The van der Waals surface area contributed by atoms with Gasteiger partial charge in [0.2, 0.25) is 0 Å². The van der Waals surface area contributed by atoms with E-state index in [1.54, 1.807) is 0 Å². The van der Waals surface area contributed by atoms with E-state index < -0.39 is 12.1 Å². The molecule has 0 aliphatic rings. The highest BCUT2D eigenvalue weighted by Gasteiger charge is 2.19.